The molecule has 3 heterocycles. The summed E-state index contributed by atoms with van der Waals surface area (Å²) in [5.74, 6) is 0.351. The molecule has 1 unspecified atom stereocenters. The van der Waals surface area contributed by atoms with Crippen molar-refractivity contribution in [1.82, 2.24) is 9.97 Å². The molecule has 2 aliphatic carbocycles. The molecule has 2 saturated heterocycles. The second-order valence-electron chi connectivity index (χ2n) is 9.42. The van der Waals surface area contributed by atoms with Crippen LogP contribution in [0.5, 0.6) is 0 Å². The number of aromatic nitrogens is 2. The molecule has 1 aromatic heterocycles. The van der Waals surface area contributed by atoms with Crippen molar-refractivity contribution in [3.05, 3.63) is 59.1 Å². The van der Waals surface area contributed by atoms with Gasteiger partial charge in [0.05, 0.1) is 17.8 Å². The standard InChI is InChI=1S/C25H29N3O3/c1-4-19-22-23(31-25(2,3)30-22)21(29-19)16-10-11-17-20(16)26-13-27-24(17)28-18-12-9-14-7-5-6-8-15(14)18/h5-8,10,13,18-19,21-23H,4,9,11-12H2,1-3H3,(H,26,27,28)/t18-,19+,21?,22+,23-/m0/s1. The van der Waals surface area contributed by atoms with Crippen LogP contribution in [-0.2, 0) is 27.1 Å². The van der Waals surface area contributed by atoms with Crippen LogP contribution in [-0.4, -0.2) is 40.2 Å². The Labute approximate surface area is 183 Å². The summed E-state index contributed by atoms with van der Waals surface area (Å²) >= 11 is 0. The minimum atomic E-state index is -0.582. The third kappa shape index (κ3) is 3.12. The summed E-state index contributed by atoms with van der Waals surface area (Å²) in [7, 11) is 0. The molecule has 162 valence electrons. The summed E-state index contributed by atoms with van der Waals surface area (Å²) in [5, 5.41) is 3.71. The average Bonchev–Trinajstić information content (AvgIpc) is 3.50. The van der Waals surface area contributed by atoms with Crippen LogP contribution in [0.4, 0.5) is 5.82 Å². The number of nitrogens with one attached hydrogen (secondary N) is 1. The van der Waals surface area contributed by atoms with Crippen molar-refractivity contribution >= 4 is 11.4 Å². The molecule has 0 radical (unpaired) electrons. The van der Waals surface area contributed by atoms with E-state index in [-0.39, 0.29) is 24.4 Å². The van der Waals surface area contributed by atoms with Crippen LogP contribution in [0.25, 0.3) is 5.57 Å². The highest BCUT2D eigenvalue weighted by Crippen LogP contribution is 2.46. The first-order chi connectivity index (χ1) is 15.0. The third-order valence-electron chi connectivity index (χ3n) is 7.05. The molecule has 1 N–H and O–H groups in total. The molecule has 2 aromatic rings. The number of ether oxygens (including phenoxy) is 3. The fourth-order valence-electron chi connectivity index (χ4n) is 5.67. The van der Waals surface area contributed by atoms with E-state index in [4.69, 9.17) is 14.2 Å². The maximum absolute atomic E-state index is 6.43. The summed E-state index contributed by atoms with van der Waals surface area (Å²) < 4.78 is 18.9. The van der Waals surface area contributed by atoms with E-state index in [0.717, 1.165) is 48.3 Å². The lowest BCUT2D eigenvalue weighted by Gasteiger charge is -2.24. The van der Waals surface area contributed by atoms with Crippen LogP contribution < -0.4 is 5.32 Å². The Bertz CT molecular complexity index is 1050. The molecule has 0 amide bonds. The molecule has 2 fully saturated rings. The van der Waals surface area contributed by atoms with Gasteiger partial charge in [-0.15, -0.1) is 0 Å². The van der Waals surface area contributed by atoms with Crippen molar-refractivity contribution in [2.24, 2.45) is 0 Å². The molecule has 0 spiro atoms. The van der Waals surface area contributed by atoms with Crippen molar-refractivity contribution in [2.75, 3.05) is 5.32 Å². The van der Waals surface area contributed by atoms with Crippen LogP contribution in [0, 0.1) is 0 Å². The van der Waals surface area contributed by atoms with Gasteiger partial charge in [-0.05, 0) is 50.7 Å². The predicted octanol–water partition coefficient (Wildman–Crippen LogP) is 4.21. The van der Waals surface area contributed by atoms with Crippen LogP contribution in [0.2, 0.25) is 0 Å². The maximum atomic E-state index is 6.43. The lowest BCUT2D eigenvalue weighted by atomic mass is 9.99. The van der Waals surface area contributed by atoms with Gasteiger partial charge in [0.25, 0.3) is 0 Å². The van der Waals surface area contributed by atoms with Crippen molar-refractivity contribution in [3.8, 4) is 0 Å². The Kier molecular flexibility index (Phi) is 4.46. The summed E-state index contributed by atoms with van der Waals surface area (Å²) in [4.78, 5) is 9.29. The van der Waals surface area contributed by atoms with E-state index in [1.807, 2.05) is 13.8 Å². The molecule has 6 rings (SSSR count). The first-order valence-electron chi connectivity index (χ1n) is 11.4. The summed E-state index contributed by atoms with van der Waals surface area (Å²) in [6.07, 6.45) is 7.54. The number of benzene rings is 1. The van der Waals surface area contributed by atoms with Gasteiger partial charge in [0.2, 0.25) is 0 Å². The number of nitrogens with zero attached hydrogens (tertiary/aromatic N) is 2. The number of fused-ring (bicyclic) bond motifs is 3. The fraction of sp³-hybridized carbons (Fsp3) is 0.520. The van der Waals surface area contributed by atoms with Gasteiger partial charge in [-0.3, -0.25) is 0 Å². The Balaban J connectivity index is 1.28. The van der Waals surface area contributed by atoms with Crippen molar-refractivity contribution in [2.45, 2.75) is 82.7 Å². The fourth-order valence-corrected chi connectivity index (χ4v) is 5.67. The van der Waals surface area contributed by atoms with Crippen LogP contribution >= 0.6 is 0 Å². The molecule has 6 heteroatoms. The molecular formula is C25H29N3O3. The minimum Gasteiger partial charge on any atom is -0.365 e. The van der Waals surface area contributed by atoms with Gasteiger partial charge in [-0.2, -0.15) is 0 Å². The maximum Gasteiger partial charge on any atom is 0.164 e. The number of anilines is 1. The highest BCUT2D eigenvalue weighted by atomic mass is 16.8. The van der Waals surface area contributed by atoms with Crippen LogP contribution in [0.3, 0.4) is 0 Å². The molecule has 0 saturated carbocycles. The molecule has 2 aliphatic heterocycles. The first-order valence-corrected chi connectivity index (χ1v) is 11.4. The molecular weight excluding hydrogens is 390 g/mol. The topological polar surface area (TPSA) is 65.5 Å². The second-order valence-corrected chi connectivity index (χ2v) is 9.42. The molecule has 4 aliphatic rings. The highest BCUT2D eigenvalue weighted by Gasteiger charge is 2.56. The quantitative estimate of drug-likeness (QED) is 0.801. The summed E-state index contributed by atoms with van der Waals surface area (Å²) in [6.45, 7) is 6.10. The van der Waals surface area contributed by atoms with E-state index in [1.54, 1.807) is 6.33 Å². The van der Waals surface area contributed by atoms with Crippen LogP contribution in [0.15, 0.2) is 36.7 Å². The van der Waals surface area contributed by atoms with E-state index >= 15 is 0 Å². The first kappa shape index (κ1) is 19.4. The van der Waals surface area contributed by atoms with Crippen molar-refractivity contribution in [1.29, 1.82) is 0 Å². The number of aryl methyl sites for hydroxylation is 1. The molecule has 1 aromatic carbocycles. The molecule has 0 bridgehead atoms. The zero-order valence-corrected chi connectivity index (χ0v) is 18.3. The summed E-state index contributed by atoms with van der Waals surface area (Å²) in [5.41, 5.74) is 6.06. The van der Waals surface area contributed by atoms with E-state index in [1.165, 1.54) is 11.1 Å². The van der Waals surface area contributed by atoms with Gasteiger partial charge in [0.15, 0.2) is 5.79 Å². The van der Waals surface area contributed by atoms with Crippen molar-refractivity contribution < 1.29 is 14.2 Å². The van der Waals surface area contributed by atoms with E-state index in [0.29, 0.717) is 6.04 Å². The second kappa shape index (κ2) is 7.12. The zero-order chi connectivity index (χ0) is 21.2. The van der Waals surface area contributed by atoms with Gasteiger partial charge in [-0.25, -0.2) is 9.97 Å². The normalized spacial score (nSPS) is 32.5. The lowest BCUT2D eigenvalue weighted by Crippen LogP contribution is -2.30. The highest BCUT2D eigenvalue weighted by molar-refractivity contribution is 5.77. The SMILES string of the molecule is CC[C@H]1OC(C2=CCc3c(N[C@H]4CCc5ccccc54)ncnc32)[C@@H]2OC(C)(C)O[C@H]12. The smallest absolute Gasteiger partial charge is 0.164 e. The number of rotatable bonds is 4. The van der Waals surface area contributed by atoms with E-state index in [2.05, 4.69) is 52.5 Å². The Morgan fingerprint density at radius 1 is 1.13 bits per heavy atom. The van der Waals surface area contributed by atoms with Gasteiger partial charge in [0.1, 0.15) is 30.5 Å². The monoisotopic (exact) mass is 419 g/mol. The molecule has 5 atom stereocenters. The lowest BCUT2D eigenvalue weighted by molar-refractivity contribution is -0.181. The minimum absolute atomic E-state index is 0.0376. The molecule has 6 nitrogen and oxygen atoms in total. The van der Waals surface area contributed by atoms with Gasteiger partial charge in [-0.1, -0.05) is 37.3 Å². The predicted molar refractivity (Wildman–Crippen MR) is 118 cm³/mol. The Morgan fingerprint density at radius 2 is 1.97 bits per heavy atom. The Hall–Kier alpha value is -2.28. The zero-order valence-electron chi connectivity index (χ0n) is 18.3. The van der Waals surface area contributed by atoms with Crippen molar-refractivity contribution in [3.63, 3.8) is 0 Å². The van der Waals surface area contributed by atoms with Gasteiger partial charge in [0, 0.05) is 11.1 Å². The largest absolute Gasteiger partial charge is 0.365 e. The van der Waals surface area contributed by atoms with Gasteiger partial charge >= 0.3 is 0 Å². The van der Waals surface area contributed by atoms with Gasteiger partial charge < -0.3 is 19.5 Å². The van der Waals surface area contributed by atoms with E-state index < -0.39 is 5.79 Å². The Morgan fingerprint density at radius 3 is 2.84 bits per heavy atom. The third-order valence-corrected chi connectivity index (χ3v) is 7.05. The number of hydrogen-bond acceptors (Lipinski definition) is 6. The van der Waals surface area contributed by atoms with E-state index in [9.17, 15) is 0 Å². The number of hydrogen-bond donors (Lipinski definition) is 1. The number of allylic oxidation sites excluding steroid dienone is 1. The summed E-state index contributed by atoms with van der Waals surface area (Å²) in [6, 6.07) is 8.98. The van der Waals surface area contributed by atoms with Crippen LogP contribution in [0.1, 0.15) is 62.0 Å². The molecule has 31 heavy (non-hydrogen) atoms. The average molecular weight is 420 g/mol.